The number of carbonyl (C=O) groups excluding carboxylic acids is 1. The van der Waals surface area contributed by atoms with Crippen LogP contribution in [-0.2, 0) is 0 Å². The van der Waals surface area contributed by atoms with Crippen LogP contribution in [0.5, 0.6) is 0 Å². The first-order valence-corrected chi connectivity index (χ1v) is 8.06. The van der Waals surface area contributed by atoms with E-state index in [4.69, 9.17) is 4.52 Å². The van der Waals surface area contributed by atoms with Gasteiger partial charge in [0, 0.05) is 23.5 Å². The molecule has 1 amide bonds. The van der Waals surface area contributed by atoms with E-state index in [1.165, 1.54) is 17.6 Å². The molecule has 0 aliphatic carbocycles. The topological polar surface area (TPSA) is 58.4 Å². The number of aromatic nitrogens is 1. The Balaban J connectivity index is 1.66. The van der Waals surface area contributed by atoms with Crippen molar-refractivity contribution in [3.8, 4) is 0 Å². The van der Waals surface area contributed by atoms with Crippen molar-refractivity contribution in [3.63, 3.8) is 0 Å². The molecule has 0 saturated carbocycles. The molecule has 6 heteroatoms. The molecular weight excluding hydrogens is 286 g/mol. The quantitative estimate of drug-likeness (QED) is 0.943. The summed E-state index contributed by atoms with van der Waals surface area (Å²) in [4.78, 5) is 15.7. The number of nitrogens with one attached hydrogen (secondary N) is 1. The largest absolute Gasteiger partial charge is 0.364 e. The molecule has 3 rings (SSSR count). The Morgan fingerprint density at radius 3 is 3.19 bits per heavy atom. The number of likely N-dealkylation sites (tertiary alicyclic amines) is 1. The van der Waals surface area contributed by atoms with E-state index in [0.29, 0.717) is 24.2 Å². The molecule has 1 fully saturated rings. The molecular formula is C15H19N3O2S. The highest BCUT2D eigenvalue weighted by molar-refractivity contribution is 7.10. The number of thiophene rings is 1. The van der Waals surface area contributed by atoms with Crippen molar-refractivity contribution < 1.29 is 9.32 Å². The molecule has 2 aromatic heterocycles. The number of amides is 1. The van der Waals surface area contributed by atoms with Crippen LogP contribution in [0.1, 0.15) is 34.2 Å². The summed E-state index contributed by atoms with van der Waals surface area (Å²) in [6.45, 7) is 1.77. The summed E-state index contributed by atoms with van der Waals surface area (Å²) in [6, 6.07) is 6.24. The highest BCUT2D eigenvalue weighted by atomic mass is 32.1. The summed E-state index contributed by atoms with van der Waals surface area (Å²) in [6.07, 6.45) is 3.71. The van der Waals surface area contributed by atoms with Crippen molar-refractivity contribution in [2.45, 2.75) is 18.9 Å². The van der Waals surface area contributed by atoms with Gasteiger partial charge in [-0.05, 0) is 43.8 Å². The Morgan fingerprint density at radius 1 is 1.57 bits per heavy atom. The fourth-order valence-corrected chi connectivity index (χ4v) is 4.01. The summed E-state index contributed by atoms with van der Waals surface area (Å²) in [5.41, 5.74) is 0.340. The molecule has 112 valence electrons. The van der Waals surface area contributed by atoms with Gasteiger partial charge >= 0.3 is 0 Å². The highest BCUT2D eigenvalue weighted by Gasteiger charge is 2.31. The lowest BCUT2D eigenvalue weighted by molar-refractivity contribution is 0.0887. The van der Waals surface area contributed by atoms with E-state index in [2.05, 4.69) is 39.9 Å². The van der Waals surface area contributed by atoms with Crippen LogP contribution in [0.25, 0.3) is 0 Å². The number of rotatable bonds is 4. The number of nitrogens with zero attached hydrogens (tertiary/aromatic N) is 2. The molecule has 0 unspecified atom stereocenters. The van der Waals surface area contributed by atoms with Gasteiger partial charge in [0.05, 0.1) is 0 Å². The van der Waals surface area contributed by atoms with E-state index in [1.54, 1.807) is 17.4 Å². The minimum absolute atomic E-state index is 0.165. The first-order chi connectivity index (χ1) is 10.3. The Morgan fingerprint density at radius 2 is 2.48 bits per heavy atom. The number of hydrogen-bond donors (Lipinski definition) is 1. The molecule has 0 radical (unpaired) electrons. The smallest absolute Gasteiger partial charge is 0.273 e. The van der Waals surface area contributed by atoms with E-state index in [9.17, 15) is 4.79 Å². The Bertz CT molecular complexity index is 568. The highest BCUT2D eigenvalue weighted by Crippen LogP contribution is 2.36. The van der Waals surface area contributed by atoms with Gasteiger partial charge in [0.2, 0.25) is 0 Å². The molecule has 21 heavy (non-hydrogen) atoms. The van der Waals surface area contributed by atoms with E-state index in [1.807, 2.05) is 0 Å². The third-order valence-electron chi connectivity index (χ3n) is 4.04. The molecule has 1 saturated heterocycles. The lowest BCUT2D eigenvalue weighted by Gasteiger charge is -2.38. The van der Waals surface area contributed by atoms with Crippen molar-refractivity contribution in [2.24, 2.45) is 5.92 Å². The summed E-state index contributed by atoms with van der Waals surface area (Å²) in [7, 11) is 2.16. The Labute approximate surface area is 127 Å². The zero-order valence-corrected chi connectivity index (χ0v) is 12.8. The first-order valence-electron chi connectivity index (χ1n) is 7.18. The van der Waals surface area contributed by atoms with Gasteiger partial charge in [0.15, 0.2) is 5.69 Å². The van der Waals surface area contributed by atoms with E-state index >= 15 is 0 Å². The lowest BCUT2D eigenvalue weighted by atomic mass is 9.88. The number of piperidine rings is 1. The molecule has 0 spiro atoms. The van der Waals surface area contributed by atoms with Crippen LogP contribution in [0.4, 0.5) is 0 Å². The molecule has 2 atom stereocenters. The maximum absolute atomic E-state index is 12.0. The van der Waals surface area contributed by atoms with Crippen LogP contribution in [0, 0.1) is 5.92 Å². The standard InChI is InChI=1S/C15H19N3O2S/c1-18-7-2-4-11(14(18)13-5-3-9-21-13)10-16-15(19)12-6-8-20-17-12/h3,5-6,8-9,11,14H,2,4,7,10H2,1H3,(H,16,19)/t11-,14-/m0/s1. The lowest BCUT2D eigenvalue weighted by Crippen LogP contribution is -2.41. The van der Waals surface area contributed by atoms with Crippen LogP contribution in [0.15, 0.2) is 34.4 Å². The van der Waals surface area contributed by atoms with Gasteiger partial charge in [-0.3, -0.25) is 9.69 Å². The summed E-state index contributed by atoms with van der Waals surface area (Å²) in [5.74, 6) is 0.264. The number of carbonyl (C=O) groups is 1. The Hall–Kier alpha value is -1.66. The molecule has 0 aromatic carbocycles. The second kappa shape index (κ2) is 6.41. The Kier molecular flexibility index (Phi) is 4.36. The predicted molar refractivity (Wildman–Crippen MR) is 81.3 cm³/mol. The van der Waals surface area contributed by atoms with Gasteiger partial charge in [-0.15, -0.1) is 11.3 Å². The van der Waals surface area contributed by atoms with Crippen LogP contribution < -0.4 is 5.32 Å². The monoisotopic (exact) mass is 305 g/mol. The van der Waals surface area contributed by atoms with Crippen molar-refractivity contribution in [2.75, 3.05) is 20.1 Å². The summed E-state index contributed by atoms with van der Waals surface area (Å²) >= 11 is 1.79. The molecule has 0 bridgehead atoms. The molecule has 3 heterocycles. The minimum atomic E-state index is -0.165. The van der Waals surface area contributed by atoms with Gasteiger partial charge in [0.25, 0.3) is 5.91 Å². The van der Waals surface area contributed by atoms with Crippen LogP contribution in [-0.4, -0.2) is 36.1 Å². The van der Waals surface area contributed by atoms with E-state index in [-0.39, 0.29) is 5.91 Å². The van der Waals surface area contributed by atoms with E-state index < -0.39 is 0 Å². The van der Waals surface area contributed by atoms with Crippen LogP contribution >= 0.6 is 11.3 Å². The zero-order chi connectivity index (χ0) is 14.7. The van der Waals surface area contributed by atoms with Gasteiger partial charge in [0.1, 0.15) is 6.26 Å². The second-order valence-corrected chi connectivity index (χ2v) is 6.42. The van der Waals surface area contributed by atoms with Gasteiger partial charge < -0.3 is 9.84 Å². The molecule has 1 N–H and O–H groups in total. The second-order valence-electron chi connectivity index (χ2n) is 5.44. The fourth-order valence-electron chi connectivity index (χ4n) is 3.03. The average Bonchev–Trinajstić information content (AvgIpc) is 3.17. The predicted octanol–water partition coefficient (Wildman–Crippen LogP) is 2.55. The SMILES string of the molecule is CN1CCC[C@@H](CNC(=O)c2ccon2)[C@H]1c1cccs1. The van der Waals surface area contributed by atoms with Crippen LogP contribution in [0.3, 0.4) is 0 Å². The first kappa shape index (κ1) is 14.3. The van der Waals surface area contributed by atoms with Gasteiger partial charge in [-0.25, -0.2) is 0 Å². The minimum Gasteiger partial charge on any atom is -0.364 e. The van der Waals surface area contributed by atoms with Gasteiger partial charge in [-0.1, -0.05) is 11.2 Å². The third-order valence-corrected chi connectivity index (χ3v) is 4.98. The van der Waals surface area contributed by atoms with Crippen LogP contribution in [0.2, 0.25) is 0 Å². The molecule has 1 aliphatic heterocycles. The third kappa shape index (κ3) is 3.16. The average molecular weight is 305 g/mol. The van der Waals surface area contributed by atoms with Crippen molar-refractivity contribution in [1.29, 1.82) is 0 Å². The van der Waals surface area contributed by atoms with E-state index in [0.717, 1.165) is 13.0 Å². The molecule has 2 aromatic rings. The van der Waals surface area contributed by atoms with Gasteiger partial charge in [-0.2, -0.15) is 0 Å². The summed E-state index contributed by atoms with van der Waals surface area (Å²) < 4.78 is 4.71. The summed E-state index contributed by atoms with van der Waals surface area (Å²) in [5, 5.41) is 8.77. The van der Waals surface area contributed by atoms with Crippen molar-refractivity contribution >= 4 is 17.2 Å². The van der Waals surface area contributed by atoms with Crippen molar-refractivity contribution in [1.82, 2.24) is 15.4 Å². The maximum atomic E-state index is 12.0. The normalized spacial score (nSPS) is 23.1. The maximum Gasteiger partial charge on any atom is 0.273 e. The molecule has 1 aliphatic rings. The number of hydrogen-bond acceptors (Lipinski definition) is 5. The molecule has 5 nitrogen and oxygen atoms in total. The van der Waals surface area contributed by atoms with Crippen molar-refractivity contribution in [3.05, 3.63) is 40.4 Å². The zero-order valence-electron chi connectivity index (χ0n) is 12.0. The fraction of sp³-hybridized carbons (Fsp3) is 0.467.